The molecule has 6 nitrogen and oxygen atoms in total. The monoisotopic (exact) mass is 338 g/mol. The third kappa shape index (κ3) is 2.58. The fourth-order valence-corrected chi connectivity index (χ4v) is 4.13. The molecule has 0 spiro atoms. The number of benzene rings is 1. The van der Waals surface area contributed by atoms with Crippen LogP contribution in [0.1, 0.15) is 50.0 Å². The van der Waals surface area contributed by atoms with Crippen molar-refractivity contribution in [3.63, 3.8) is 0 Å². The van der Waals surface area contributed by atoms with Gasteiger partial charge in [0.05, 0.1) is 4.92 Å². The molecule has 6 heteroatoms. The molecule has 1 aromatic carbocycles. The summed E-state index contributed by atoms with van der Waals surface area (Å²) < 4.78 is 0. The average molecular weight is 338 g/mol. The van der Waals surface area contributed by atoms with Gasteiger partial charge in [-0.3, -0.25) is 19.7 Å². The minimum atomic E-state index is -0.480. The first-order valence-electron chi connectivity index (χ1n) is 8.60. The van der Waals surface area contributed by atoms with Gasteiger partial charge in [0.15, 0.2) is 11.6 Å². The van der Waals surface area contributed by atoms with Crippen LogP contribution in [-0.4, -0.2) is 16.5 Å². The Morgan fingerprint density at radius 1 is 0.960 bits per heavy atom. The maximum atomic E-state index is 12.6. The zero-order valence-corrected chi connectivity index (χ0v) is 13.7. The molecule has 4 rings (SSSR count). The molecule has 0 aromatic heterocycles. The van der Waals surface area contributed by atoms with Crippen LogP contribution < -0.4 is 5.32 Å². The van der Waals surface area contributed by atoms with E-state index in [1.54, 1.807) is 12.1 Å². The van der Waals surface area contributed by atoms with Crippen LogP contribution in [0.2, 0.25) is 0 Å². The molecule has 1 heterocycles. The summed E-state index contributed by atoms with van der Waals surface area (Å²) in [4.78, 5) is 36.0. The number of hydrogen-bond acceptors (Lipinski definition) is 5. The highest BCUT2D eigenvalue weighted by molar-refractivity contribution is 6.06. The zero-order chi connectivity index (χ0) is 17.6. The van der Waals surface area contributed by atoms with E-state index >= 15 is 0 Å². The Morgan fingerprint density at radius 2 is 1.56 bits per heavy atom. The van der Waals surface area contributed by atoms with Crippen molar-refractivity contribution in [1.82, 2.24) is 5.32 Å². The summed E-state index contributed by atoms with van der Waals surface area (Å²) in [5.74, 6) is -0.405. The first-order chi connectivity index (χ1) is 12.1. The van der Waals surface area contributed by atoms with Crippen LogP contribution in [0.3, 0.4) is 0 Å². The Bertz CT molecular complexity index is 824. The number of hydrogen-bond donors (Lipinski definition) is 1. The molecule has 0 amide bonds. The van der Waals surface area contributed by atoms with Gasteiger partial charge in [-0.25, -0.2) is 0 Å². The Balaban J connectivity index is 1.91. The van der Waals surface area contributed by atoms with Gasteiger partial charge in [0.25, 0.3) is 5.69 Å². The fourth-order valence-electron chi connectivity index (χ4n) is 4.13. The summed E-state index contributed by atoms with van der Waals surface area (Å²) in [7, 11) is 0. The number of dihydropyridines is 1. The van der Waals surface area contributed by atoms with Crippen LogP contribution in [0.25, 0.3) is 0 Å². The molecule has 1 N–H and O–H groups in total. The second-order valence-electron chi connectivity index (χ2n) is 6.75. The van der Waals surface area contributed by atoms with Crippen molar-refractivity contribution in [3.8, 4) is 0 Å². The molecule has 25 heavy (non-hydrogen) atoms. The topological polar surface area (TPSA) is 89.3 Å². The lowest BCUT2D eigenvalue weighted by atomic mass is 9.71. The van der Waals surface area contributed by atoms with Crippen LogP contribution in [0.4, 0.5) is 5.69 Å². The van der Waals surface area contributed by atoms with Crippen molar-refractivity contribution in [2.45, 2.75) is 44.4 Å². The summed E-state index contributed by atoms with van der Waals surface area (Å²) in [6.45, 7) is 0. The van der Waals surface area contributed by atoms with Gasteiger partial charge < -0.3 is 5.32 Å². The molecule has 0 saturated carbocycles. The second kappa shape index (κ2) is 5.95. The zero-order valence-electron chi connectivity index (χ0n) is 13.7. The van der Waals surface area contributed by atoms with Gasteiger partial charge in [0, 0.05) is 53.4 Å². The Hall–Kier alpha value is -2.76. The summed E-state index contributed by atoms with van der Waals surface area (Å²) in [6.07, 6.45) is 4.06. The van der Waals surface area contributed by atoms with Gasteiger partial charge >= 0.3 is 0 Å². The summed E-state index contributed by atoms with van der Waals surface area (Å²) in [5, 5.41) is 14.5. The minimum Gasteiger partial charge on any atom is -0.362 e. The summed E-state index contributed by atoms with van der Waals surface area (Å²) in [6, 6.07) is 6.33. The van der Waals surface area contributed by atoms with Crippen molar-refractivity contribution in [1.29, 1.82) is 0 Å². The Labute approximate surface area is 144 Å². The average Bonchev–Trinajstić information content (AvgIpc) is 2.60. The fraction of sp³-hybridized carbons (Fsp3) is 0.368. The third-order valence-corrected chi connectivity index (χ3v) is 5.21. The SMILES string of the molecule is O=C1CCCC2=C1C(c1cccc([N+](=O)[O-])c1)C1=C(CCCC1=O)N2. The van der Waals surface area contributed by atoms with Crippen molar-refractivity contribution in [2.75, 3.05) is 0 Å². The third-order valence-electron chi connectivity index (χ3n) is 5.21. The lowest BCUT2D eigenvalue weighted by Crippen LogP contribution is -2.36. The molecular weight excluding hydrogens is 320 g/mol. The van der Waals surface area contributed by atoms with E-state index in [0.717, 1.165) is 37.1 Å². The maximum absolute atomic E-state index is 12.6. The molecule has 0 radical (unpaired) electrons. The van der Waals surface area contributed by atoms with E-state index in [2.05, 4.69) is 5.32 Å². The Kier molecular flexibility index (Phi) is 3.75. The largest absolute Gasteiger partial charge is 0.362 e. The van der Waals surface area contributed by atoms with Gasteiger partial charge in [-0.1, -0.05) is 12.1 Å². The number of nitrogens with zero attached hydrogens (tertiary/aromatic N) is 1. The van der Waals surface area contributed by atoms with Crippen molar-refractivity contribution in [2.24, 2.45) is 0 Å². The number of Topliss-reactive ketones (excluding diaryl/α,β-unsaturated/α-hetero) is 2. The highest BCUT2D eigenvalue weighted by Gasteiger charge is 2.40. The number of allylic oxidation sites excluding steroid dienone is 4. The standard InChI is InChI=1S/C19H18N2O4/c22-15-8-2-6-13-18(15)17(11-4-1-5-12(10-11)21(24)25)19-14(20-13)7-3-9-16(19)23/h1,4-5,10,17,20H,2-3,6-9H2. The van der Waals surface area contributed by atoms with Gasteiger partial charge in [0.2, 0.25) is 0 Å². The number of nitrogens with one attached hydrogen (secondary N) is 1. The van der Waals surface area contributed by atoms with Gasteiger partial charge in [-0.05, 0) is 31.2 Å². The first-order valence-corrected chi connectivity index (χ1v) is 8.60. The van der Waals surface area contributed by atoms with Crippen LogP contribution in [0.15, 0.2) is 46.8 Å². The number of non-ortho nitro benzene ring substituents is 1. The van der Waals surface area contributed by atoms with Gasteiger partial charge in [0.1, 0.15) is 0 Å². The van der Waals surface area contributed by atoms with Crippen molar-refractivity contribution < 1.29 is 14.5 Å². The van der Waals surface area contributed by atoms with E-state index in [0.29, 0.717) is 29.6 Å². The number of ketones is 2. The number of carbonyl (C=O) groups is 2. The van der Waals surface area contributed by atoms with Crippen LogP contribution in [0.5, 0.6) is 0 Å². The maximum Gasteiger partial charge on any atom is 0.269 e. The normalized spacial score (nSPS) is 21.0. The molecule has 0 unspecified atom stereocenters. The predicted molar refractivity (Wildman–Crippen MR) is 90.7 cm³/mol. The highest BCUT2D eigenvalue weighted by Crippen LogP contribution is 2.45. The molecule has 2 aliphatic carbocycles. The summed E-state index contributed by atoms with van der Waals surface area (Å²) >= 11 is 0. The van der Waals surface area contributed by atoms with Gasteiger partial charge in [-0.2, -0.15) is 0 Å². The van der Waals surface area contributed by atoms with Crippen LogP contribution >= 0.6 is 0 Å². The van der Waals surface area contributed by atoms with E-state index in [1.165, 1.54) is 12.1 Å². The second-order valence-corrected chi connectivity index (χ2v) is 6.75. The molecule has 1 aromatic rings. The summed E-state index contributed by atoms with van der Waals surface area (Å²) in [5.41, 5.74) is 3.66. The number of nitro benzene ring substituents is 1. The van der Waals surface area contributed by atoms with Crippen LogP contribution in [-0.2, 0) is 9.59 Å². The number of carbonyl (C=O) groups excluding carboxylic acids is 2. The van der Waals surface area contributed by atoms with Crippen molar-refractivity contribution >= 4 is 17.3 Å². The van der Waals surface area contributed by atoms with E-state index in [-0.39, 0.29) is 17.3 Å². The molecule has 0 saturated heterocycles. The molecule has 0 fully saturated rings. The smallest absolute Gasteiger partial charge is 0.269 e. The van der Waals surface area contributed by atoms with E-state index in [1.807, 2.05) is 0 Å². The number of nitro groups is 1. The van der Waals surface area contributed by atoms with E-state index in [9.17, 15) is 19.7 Å². The molecule has 1 aliphatic heterocycles. The lowest BCUT2D eigenvalue weighted by Gasteiger charge is -2.37. The quantitative estimate of drug-likeness (QED) is 0.660. The lowest BCUT2D eigenvalue weighted by molar-refractivity contribution is -0.384. The predicted octanol–water partition coefficient (Wildman–Crippen LogP) is 3.30. The van der Waals surface area contributed by atoms with Crippen molar-refractivity contribution in [3.05, 3.63) is 62.5 Å². The van der Waals surface area contributed by atoms with Gasteiger partial charge in [-0.15, -0.1) is 0 Å². The highest BCUT2D eigenvalue weighted by atomic mass is 16.6. The first kappa shape index (κ1) is 15.7. The molecular formula is C19H18N2O4. The molecule has 0 bridgehead atoms. The number of rotatable bonds is 2. The van der Waals surface area contributed by atoms with Crippen LogP contribution in [0, 0.1) is 10.1 Å². The molecule has 0 atom stereocenters. The van der Waals surface area contributed by atoms with E-state index < -0.39 is 10.8 Å². The molecule has 128 valence electrons. The molecule has 3 aliphatic rings. The minimum absolute atomic E-state index is 0.0214. The van der Waals surface area contributed by atoms with E-state index in [4.69, 9.17) is 0 Å². The Morgan fingerprint density at radius 3 is 2.12 bits per heavy atom.